The molecule has 0 bridgehead atoms. The van der Waals surface area contributed by atoms with Gasteiger partial charge in [0.15, 0.2) is 21.2 Å². The van der Waals surface area contributed by atoms with Gasteiger partial charge in [-0.15, -0.1) is 0 Å². The van der Waals surface area contributed by atoms with E-state index in [9.17, 15) is 13.2 Å². The number of nitrogens with zero attached hydrogens (tertiary/aromatic N) is 3. The van der Waals surface area contributed by atoms with Gasteiger partial charge in [0, 0.05) is 16.9 Å². The summed E-state index contributed by atoms with van der Waals surface area (Å²) in [5.74, 6) is -0.593. The van der Waals surface area contributed by atoms with E-state index in [1.807, 2.05) is 0 Å². The Balaban J connectivity index is 2.31. The normalized spacial score (nSPS) is 11.6. The number of hydrogen-bond acceptors (Lipinski definition) is 6. The maximum atomic E-state index is 11.9. The van der Waals surface area contributed by atoms with E-state index >= 15 is 0 Å². The number of halogens is 1. The fraction of sp³-hybridized carbons (Fsp3) is 0.133. The van der Waals surface area contributed by atoms with E-state index in [0.29, 0.717) is 21.2 Å². The van der Waals surface area contributed by atoms with Crippen LogP contribution in [-0.4, -0.2) is 42.5 Å². The van der Waals surface area contributed by atoms with Crippen molar-refractivity contribution in [1.82, 2.24) is 14.8 Å². The largest absolute Gasteiger partial charge is 0.464 e. The van der Waals surface area contributed by atoms with Gasteiger partial charge >= 0.3 is 5.97 Å². The molecule has 24 heavy (non-hydrogen) atoms. The Kier molecular flexibility index (Phi) is 4.14. The summed E-state index contributed by atoms with van der Waals surface area (Å²) in [5.41, 5.74) is 1.00. The zero-order chi connectivity index (χ0) is 17.5. The van der Waals surface area contributed by atoms with E-state index < -0.39 is 15.8 Å². The van der Waals surface area contributed by atoms with Gasteiger partial charge in [0.25, 0.3) is 0 Å². The smallest absolute Gasteiger partial charge is 0.359 e. The van der Waals surface area contributed by atoms with Gasteiger partial charge in [0.1, 0.15) is 0 Å². The van der Waals surface area contributed by atoms with Gasteiger partial charge in [-0.2, -0.15) is 5.10 Å². The number of pyridine rings is 1. The summed E-state index contributed by atoms with van der Waals surface area (Å²) < 4.78 is 30.4. The van der Waals surface area contributed by atoms with Crippen molar-refractivity contribution in [2.45, 2.75) is 4.90 Å². The molecule has 0 amide bonds. The van der Waals surface area contributed by atoms with Crippen molar-refractivity contribution in [2.75, 3.05) is 13.4 Å². The second-order valence-electron chi connectivity index (χ2n) is 5.04. The highest BCUT2D eigenvalue weighted by Gasteiger charge is 2.20. The van der Waals surface area contributed by atoms with Crippen LogP contribution in [0.5, 0.6) is 0 Å². The van der Waals surface area contributed by atoms with E-state index in [1.54, 1.807) is 24.4 Å². The average Bonchev–Trinajstić information content (AvgIpc) is 2.92. The van der Waals surface area contributed by atoms with Crippen molar-refractivity contribution in [3.05, 3.63) is 46.7 Å². The van der Waals surface area contributed by atoms with Gasteiger partial charge in [0.05, 0.1) is 23.1 Å². The Morgan fingerprint density at radius 1 is 1.29 bits per heavy atom. The van der Waals surface area contributed by atoms with Crippen molar-refractivity contribution >= 4 is 42.8 Å². The third-order valence-electron chi connectivity index (χ3n) is 3.35. The minimum atomic E-state index is -3.41. The predicted molar refractivity (Wildman–Crippen MR) is 91.0 cm³/mol. The molecule has 0 saturated heterocycles. The number of sulfone groups is 1. The maximum absolute atomic E-state index is 11.9. The van der Waals surface area contributed by atoms with Crippen LogP contribution in [0.4, 0.5) is 0 Å². The minimum absolute atomic E-state index is 0.112. The number of carbonyl (C=O) groups excluding carboxylic acids is 1. The van der Waals surface area contributed by atoms with E-state index in [2.05, 4.69) is 26.0 Å². The standard InChI is InChI=1S/C15H12BrN3O4S/c1-23-15(20)13-12-4-3-5-17-14(12)19(18-13)10-6-9(16)7-11(8-10)24(2,21)22/h3-8H,1-2H3. The van der Waals surface area contributed by atoms with Gasteiger partial charge in [0.2, 0.25) is 0 Å². The van der Waals surface area contributed by atoms with Crippen LogP contribution in [0.25, 0.3) is 16.7 Å². The molecule has 0 aliphatic heterocycles. The quantitative estimate of drug-likeness (QED) is 0.616. The molecule has 0 fully saturated rings. The molecular formula is C15H12BrN3O4S. The SMILES string of the molecule is COC(=O)c1nn(-c2cc(Br)cc(S(C)(=O)=O)c2)c2ncccc12. The Morgan fingerprint density at radius 3 is 2.71 bits per heavy atom. The fourth-order valence-corrected chi connectivity index (χ4v) is 3.57. The zero-order valence-corrected chi connectivity index (χ0v) is 15.1. The van der Waals surface area contributed by atoms with E-state index in [1.165, 1.54) is 23.9 Å². The highest BCUT2D eigenvalue weighted by molar-refractivity contribution is 9.10. The second-order valence-corrected chi connectivity index (χ2v) is 7.98. The molecule has 2 heterocycles. The van der Waals surface area contributed by atoms with Crippen molar-refractivity contribution < 1.29 is 17.9 Å². The lowest BCUT2D eigenvalue weighted by atomic mass is 10.2. The molecular weight excluding hydrogens is 398 g/mol. The molecule has 7 nitrogen and oxygen atoms in total. The Bertz CT molecular complexity index is 1060. The molecule has 124 valence electrons. The first-order chi connectivity index (χ1) is 11.3. The first-order valence-electron chi connectivity index (χ1n) is 6.74. The molecule has 2 aromatic heterocycles. The van der Waals surface area contributed by atoms with Gasteiger partial charge in [-0.3, -0.25) is 0 Å². The number of esters is 1. The molecule has 0 radical (unpaired) electrons. The summed E-state index contributed by atoms with van der Waals surface area (Å²) >= 11 is 3.30. The monoisotopic (exact) mass is 409 g/mol. The van der Waals surface area contributed by atoms with Crippen LogP contribution in [0.1, 0.15) is 10.5 Å². The van der Waals surface area contributed by atoms with Crippen LogP contribution >= 0.6 is 15.9 Å². The van der Waals surface area contributed by atoms with Gasteiger partial charge in [-0.1, -0.05) is 15.9 Å². The Hall–Kier alpha value is -2.26. The lowest BCUT2D eigenvalue weighted by molar-refractivity contribution is 0.0595. The number of aromatic nitrogens is 3. The lowest BCUT2D eigenvalue weighted by Crippen LogP contribution is -2.05. The molecule has 0 unspecified atom stereocenters. The number of fused-ring (bicyclic) bond motifs is 1. The van der Waals surface area contributed by atoms with E-state index in [-0.39, 0.29) is 10.6 Å². The summed E-state index contributed by atoms with van der Waals surface area (Å²) in [6.07, 6.45) is 2.69. The molecule has 0 atom stereocenters. The first kappa shape index (κ1) is 16.6. The first-order valence-corrected chi connectivity index (χ1v) is 9.43. The molecule has 1 aromatic carbocycles. The summed E-state index contributed by atoms with van der Waals surface area (Å²) in [6.45, 7) is 0. The summed E-state index contributed by atoms with van der Waals surface area (Å²) in [5, 5.41) is 4.78. The van der Waals surface area contributed by atoms with Gasteiger partial charge in [-0.05, 0) is 30.3 Å². The topological polar surface area (TPSA) is 91.1 Å². The van der Waals surface area contributed by atoms with Gasteiger partial charge < -0.3 is 4.74 Å². The number of benzene rings is 1. The van der Waals surface area contributed by atoms with Crippen LogP contribution in [0, 0.1) is 0 Å². The molecule has 9 heteroatoms. The van der Waals surface area contributed by atoms with Crippen molar-refractivity contribution in [3.63, 3.8) is 0 Å². The summed E-state index contributed by atoms with van der Waals surface area (Å²) in [6, 6.07) is 8.05. The van der Waals surface area contributed by atoms with Crippen molar-refractivity contribution in [2.24, 2.45) is 0 Å². The highest BCUT2D eigenvalue weighted by atomic mass is 79.9. The molecule has 0 N–H and O–H groups in total. The molecule has 3 aromatic rings. The third-order valence-corrected chi connectivity index (χ3v) is 4.90. The molecule has 0 spiro atoms. The third kappa shape index (κ3) is 2.92. The number of methoxy groups -OCH3 is 1. The van der Waals surface area contributed by atoms with Crippen LogP contribution in [-0.2, 0) is 14.6 Å². The molecule has 0 aliphatic rings. The predicted octanol–water partition coefficient (Wildman–Crippen LogP) is 2.37. The molecule has 0 aliphatic carbocycles. The number of rotatable bonds is 3. The van der Waals surface area contributed by atoms with E-state index in [4.69, 9.17) is 4.74 Å². The van der Waals surface area contributed by atoms with Crippen molar-refractivity contribution in [3.8, 4) is 5.69 Å². The maximum Gasteiger partial charge on any atom is 0.359 e. The Morgan fingerprint density at radius 2 is 2.04 bits per heavy atom. The Labute approximate surface area is 146 Å². The molecule has 3 rings (SSSR count). The number of hydrogen-bond donors (Lipinski definition) is 0. The second kappa shape index (κ2) is 5.99. The number of carbonyl (C=O) groups is 1. The lowest BCUT2D eigenvalue weighted by Gasteiger charge is -2.06. The van der Waals surface area contributed by atoms with Crippen molar-refractivity contribution in [1.29, 1.82) is 0 Å². The van der Waals surface area contributed by atoms with Crippen LogP contribution in [0.3, 0.4) is 0 Å². The summed E-state index contributed by atoms with van der Waals surface area (Å²) in [4.78, 5) is 16.3. The van der Waals surface area contributed by atoms with Crippen LogP contribution in [0.2, 0.25) is 0 Å². The van der Waals surface area contributed by atoms with E-state index in [0.717, 1.165) is 6.26 Å². The fourth-order valence-electron chi connectivity index (χ4n) is 2.26. The van der Waals surface area contributed by atoms with Gasteiger partial charge in [-0.25, -0.2) is 22.9 Å². The average molecular weight is 410 g/mol. The molecule has 0 saturated carbocycles. The van der Waals surface area contributed by atoms with Crippen LogP contribution in [0.15, 0.2) is 45.9 Å². The zero-order valence-electron chi connectivity index (χ0n) is 12.7. The number of ether oxygens (including phenoxy) is 1. The highest BCUT2D eigenvalue weighted by Crippen LogP contribution is 2.26. The summed E-state index contributed by atoms with van der Waals surface area (Å²) in [7, 11) is -2.14. The minimum Gasteiger partial charge on any atom is -0.464 e. The van der Waals surface area contributed by atoms with Crippen LogP contribution < -0.4 is 0 Å².